The molecule has 1 saturated heterocycles. The number of hydrogen-bond acceptors (Lipinski definition) is 5. The quantitative estimate of drug-likeness (QED) is 0.768. The van der Waals surface area contributed by atoms with Crippen LogP contribution in [0, 0.1) is 0 Å². The minimum absolute atomic E-state index is 0.0136. The van der Waals surface area contributed by atoms with Gasteiger partial charge in [0.05, 0.1) is 6.04 Å². The van der Waals surface area contributed by atoms with Gasteiger partial charge in [0.25, 0.3) is 0 Å². The maximum Gasteiger partial charge on any atom is 0.220 e. The highest BCUT2D eigenvalue weighted by Crippen LogP contribution is 2.20. The van der Waals surface area contributed by atoms with Crippen molar-refractivity contribution in [3.8, 4) is 0 Å². The minimum atomic E-state index is -0.0136. The molecule has 27 heavy (non-hydrogen) atoms. The smallest absolute Gasteiger partial charge is 0.220 e. The summed E-state index contributed by atoms with van der Waals surface area (Å²) in [5.41, 5.74) is 2.36. The molecule has 1 aromatic rings. The minimum Gasteiger partial charge on any atom is -0.370 e. The lowest BCUT2D eigenvalue weighted by Crippen LogP contribution is -2.48. The highest BCUT2D eigenvalue weighted by molar-refractivity contribution is 5.81. The van der Waals surface area contributed by atoms with Gasteiger partial charge in [0.1, 0.15) is 11.6 Å². The van der Waals surface area contributed by atoms with Crippen molar-refractivity contribution in [1.29, 1.82) is 0 Å². The summed E-state index contributed by atoms with van der Waals surface area (Å²) in [5.74, 6) is 1.36. The number of pyridine rings is 1. The number of ketones is 1. The van der Waals surface area contributed by atoms with Crippen LogP contribution in [0.25, 0.3) is 0 Å². The van der Waals surface area contributed by atoms with Crippen LogP contribution in [-0.4, -0.2) is 53.3 Å². The van der Waals surface area contributed by atoms with E-state index in [0.717, 1.165) is 63.3 Å². The van der Waals surface area contributed by atoms with E-state index in [0.29, 0.717) is 6.42 Å². The third-order valence-corrected chi connectivity index (χ3v) is 5.82. The van der Waals surface area contributed by atoms with Crippen LogP contribution >= 0.6 is 0 Å². The van der Waals surface area contributed by atoms with E-state index >= 15 is 0 Å². The maximum absolute atomic E-state index is 12.2. The first-order valence-electron chi connectivity index (χ1n) is 10.3. The second kappa shape index (κ2) is 9.31. The Morgan fingerprint density at radius 2 is 2.11 bits per heavy atom. The van der Waals surface area contributed by atoms with Crippen molar-refractivity contribution < 1.29 is 9.59 Å². The van der Waals surface area contributed by atoms with Crippen molar-refractivity contribution in [1.82, 2.24) is 15.2 Å². The lowest BCUT2D eigenvalue weighted by atomic mass is 10.0. The van der Waals surface area contributed by atoms with Crippen LogP contribution in [0.5, 0.6) is 0 Å². The van der Waals surface area contributed by atoms with Crippen molar-refractivity contribution in [3.05, 3.63) is 23.4 Å². The summed E-state index contributed by atoms with van der Waals surface area (Å²) in [5, 5.41) is 6.52. The Morgan fingerprint density at radius 1 is 1.33 bits per heavy atom. The van der Waals surface area contributed by atoms with Crippen molar-refractivity contribution in [2.24, 2.45) is 0 Å². The normalized spacial score (nSPS) is 19.0. The summed E-state index contributed by atoms with van der Waals surface area (Å²) in [7, 11) is 0. The predicted molar refractivity (Wildman–Crippen MR) is 107 cm³/mol. The third-order valence-electron chi connectivity index (χ3n) is 5.82. The molecule has 0 bridgehead atoms. The van der Waals surface area contributed by atoms with Gasteiger partial charge >= 0.3 is 0 Å². The van der Waals surface area contributed by atoms with Crippen LogP contribution in [0.1, 0.15) is 57.2 Å². The molecule has 0 aromatic carbocycles. The van der Waals surface area contributed by atoms with Crippen LogP contribution in [0.3, 0.4) is 0 Å². The van der Waals surface area contributed by atoms with Crippen LogP contribution < -0.4 is 10.6 Å². The Labute approximate surface area is 162 Å². The SMILES string of the molecule is CC(=O)C(C)N1CCC(NC(=O)CCCc2ccc3c(n2)NCCC3)CC1. The number of rotatable bonds is 7. The van der Waals surface area contributed by atoms with Crippen molar-refractivity contribution in [2.75, 3.05) is 25.0 Å². The van der Waals surface area contributed by atoms with Gasteiger partial charge in [-0.25, -0.2) is 4.98 Å². The summed E-state index contributed by atoms with van der Waals surface area (Å²) in [4.78, 5) is 30.6. The topological polar surface area (TPSA) is 74.3 Å². The first kappa shape index (κ1) is 19.8. The molecule has 1 amide bonds. The number of anilines is 1. The number of carbonyl (C=O) groups is 2. The average molecular weight is 373 g/mol. The average Bonchev–Trinajstić information content (AvgIpc) is 2.68. The summed E-state index contributed by atoms with van der Waals surface area (Å²) in [6, 6.07) is 4.48. The van der Waals surface area contributed by atoms with E-state index in [1.54, 1.807) is 6.92 Å². The lowest BCUT2D eigenvalue weighted by Gasteiger charge is -2.35. The molecule has 1 atom stereocenters. The first-order valence-corrected chi connectivity index (χ1v) is 10.3. The van der Waals surface area contributed by atoms with Gasteiger partial charge < -0.3 is 10.6 Å². The molecule has 2 aliphatic rings. The van der Waals surface area contributed by atoms with Crippen molar-refractivity contribution in [2.45, 2.75) is 70.9 Å². The Balaban J connectivity index is 1.36. The zero-order valence-corrected chi connectivity index (χ0v) is 16.6. The largest absolute Gasteiger partial charge is 0.370 e. The number of carbonyl (C=O) groups excluding carboxylic acids is 2. The summed E-state index contributed by atoms with van der Waals surface area (Å²) in [6.45, 7) is 6.35. The second-order valence-corrected chi connectivity index (χ2v) is 7.86. The van der Waals surface area contributed by atoms with E-state index in [2.05, 4.69) is 32.7 Å². The number of nitrogens with one attached hydrogen (secondary N) is 2. The van der Waals surface area contributed by atoms with E-state index in [4.69, 9.17) is 0 Å². The fraction of sp³-hybridized carbons (Fsp3) is 0.667. The van der Waals surface area contributed by atoms with Crippen molar-refractivity contribution in [3.63, 3.8) is 0 Å². The summed E-state index contributed by atoms with van der Waals surface area (Å²) in [6.07, 6.45) is 6.29. The number of nitrogens with zero attached hydrogens (tertiary/aromatic N) is 2. The van der Waals surface area contributed by atoms with Gasteiger partial charge in [0.2, 0.25) is 5.91 Å². The molecule has 3 heterocycles. The molecule has 3 rings (SSSR count). The zero-order chi connectivity index (χ0) is 19.2. The number of amides is 1. The standard InChI is InChI=1S/C21H32N4O2/c1-15(16(2)26)25-13-10-19(11-14-25)23-20(27)7-3-6-18-9-8-17-5-4-12-22-21(17)24-18/h8-9,15,19H,3-7,10-14H2,1-2H3,(H,22,24)(H,23,27). The number of Topliss-reactive ketones (excluding diaryl/α,β-unsaturated/α-hetero) is 1. The van der Waals surface area contributed by atoms with Crippen LogP contribution in [0.15, 0.2) is 12.1 Å². The van der Waals surface area contributed by atoms with Gasteiger partial charge in [0.15, 0.2) is 0 Å². The molecule has 0 saturated carbocycles. The van der Waals surface area contributed by atoms with Gasteiger partial charge in [-0.2, -0.15) is 0 Å². The fourth-order valence-corrected chi connectivity index (χ4v) is 3.93. The lowest BCUT2D eigenvalue weighted by molar-refractivity contribution is -0.124. The van der Waals surface area contributed by atoms with Gasteiger partial charge in [-0.1, -0.05) is 6.07 Å². The first-order chi connectivity index (χ1) is 13.0. The highest BCUT2D eigenvalue weighted by atomic mass is 16.1. The van der Waals surface area contributed by atoms with Crippen LogP contribution in [-0.2, 0) is 22.4 Å². The molecule has 2 N–H and O–H groups in total. The fourth-order valence-electron chi connectivity index (χ4n) is 3.93. The Morgan fingerprint density at radius 3 is 2.85 bits per heavy atom. The van der Waals surface area contributed by atoms with E-state index in [-0.39, 0.29) is 23.8 Å². The molecule has 1 aromatic heterocycles. The molecule has 6 heteroatoms. The van der Waals surface area contributed by atoms with E-state index in [9.17, 15) is 9.59 Å². The number of likely N-dealkylation sites (tertiary alicyclic amines) is 1. The number of aromatic nitrogens is 1. The molecule has 2 aliphatic heterocycles. The van der Waals surface area contributed by atoms with Gasteiger partial charge in [-0.3, -0.25) is 14.5 Å². The molecule has 6 nitrogen and oxygen atoms in total. The Hall–Kier alpha value is -1.95. The number of fused-ring (bicyclic) bond motifs is 1. The third kappa shape index (κ3) is 5.51. The summed E-state index contributed by atoms with van der Waals surface area (Å²) < 4.78 is 0. The molecule has 1 fully saturated rings. The van der Waals surface area contributed by atoms with E-state index < -0.39 is 0 Å². The number of aryl methyl sites for hydroxylation is 2. The van der Waals surface area contributed by atoms with E-state index in [1.807, 2.05) is 6.92 Å². The molecule has 1 unspecified atom stereocenters. The van der Waals surface area contributed by atoms with Crippen LogP contribution in [0.2, 0.25) is 0 Å². The monoisotopic (exact) mass is 372 g/mol. The zero-order valence-electron chi connectivity index (χ0n) is 16.6. The van der Waals surface area contributed by atoms with Crippen LogP contribution in [0.4, 0.5) is 5.82 Å². The number of piperidine rings is 1. The summed E-state index contributed by atoms with van der Waals surface area (Å²) >= 11 is 0. The van der Waals surface area contributed by atoms with Gasteiger partial charge in [-0.05, 0) is 64.0 Å². The molecular formula is C21H32N4O2. The van der Waals surface area contributed by atoms with Crippen molar-refractivity contribution >= 4 is 17.5 Å². The molecule has 148 valence electrons. The second-order valence-electron chi connectivity index (χ2n) is 7.86. The van der Waals surface area contributed by atoms with Gasteiger partial charge in [-0.15, -0.1) is 0 Å². The molecule has 0 aliphatic carbocycles. The maximum atomic E-state index is 12.2. The Kier molecular flexibility index (Phi) is 6.83. The predicted octanol–water partition coefficient (Wildman–Crippen LogP) is 2.32. The molecule has 0 spiro atoms. The highest BCUT2D eigenvalue weighted by Gasteiger charge is 2.25. The number of hydrogen-bond donors (Lipinski definition) is 2. The van der Waals surface area contributed by atoms with E-state index in [1.165, 1.54) is 12.0 Å². The molecule has 0 radical (unpaired) electrons. The van der Waals surface area contributed by atoms with Gasteiger partial charge in [0, 0.05) is 37.8 Å². The Bertz CT molecular complexity index is 668. The molecular weight excluding hydrogens is 340 g/mol.